The molecule has 0 atom stereocenters. The fourth-order valence-electron chi connectivity index (χ4n) is 3.30. The number of carbonyl (C=O) groups excluding carboxylic acids is 2. The van der Waals surface area contributed by atoms with Crippen LogP contribution in [0.15, 0.2) is 66.7 Å². The molecular weight excluding hydrogens is 382 g/mol. The van der Waals surface area contributed by atoms with Crippen molar-refractivity contribution in [3.05, 3.63) is 87.6 Å². The third kappa shape index (κ3) is 3.96. The number of rotatable bonds is 5. The minimum atomic E-state index is -0.529. The van der Waals surface area contributed by atoms with Crippen molar-refractivity contribution >= 4 is 34.0 Å². The van der Waals surface area contributed by atoms with E-state index in [9.17, 15) is 9.59 Å². The van der Waals surface area contributed by atoms with Crippen LogP contribution in [-0.4, -0.2) is 23.3 Å². The van der Waals surface area contributed by atoms with Crippen molar-refractivity contribution in [2.24, 2.45) is 0 Å². The third-order valence-corrected chi connectivity index (χ3v) is 5.65. The summed E-state index contributed by atoms with van der Waals surface area (Å²) in [4.78, 5) is 32.0. The number of benzene rings is 2. The molecule has 2 aromatic heterocycles. The molecule has 2 heterocycles. The van der Waals surface area contributed by atoms with Gasteiger partial charge in [-0.1, -0.05) is 48.5 Å². The maximum atomic E-state index is 12.9. The van der Waals surface area contributed by atoms with Crippen LogP contribution < -0.4 is 0 Å². The first kappa shape index (κ1) is 19.0. The standard InChI is InChI=1S/C24H19NO3S/c1-15-12-19(16(2)29-15)23(26)14-28-24(27)20-13-22(17-8-4-3-5-9-17)25-21-11-7-6-10-18(20)21/h3-13H,14H2,1-2H3. The highest BCUT2D eigenvalue weighted by Gasteiger charge is 2.18. The summed E-state index contributed by atoms with van der Waals surface area (Å²) >= 11 is 1.56. The minimum Gasteiger partial charge on any atom is -0.454 e. The summed E-state index contributed by atoms with van der Waals surface area (Å²) in [5, 5.41) is 0.701. The fourth-order valence-corrected chi connectivity index (χ4v) is 4.24. The highest BCUT2D eigenvalue weighted by atomic mass is 32.1. The Kier molecular flexibility index (Phi) is 5.23. The number of thiophene rings is 1. The SMILES string of the molecule is Cc1cc(C(=O)COC(=O)c2cc(-c3ccccc3)nc3ccccc23)c(C)s1. The van der Waals surface area contributed by atoms with Crippen molar-refractivity contribution in [2.75, 3.05) is 6.61 Å². The average molecular weight is 401 g/mol. The van der Waals surface area contributed by atoms with Crippen LogP contribution in [0.3, 0.4) is 0 Å². The Labute approximate surface area is 172 Å². The van der Waals surface area contributed by atoms with Crippen LogP contribution in [0.4, 0.5) is 0 Å². The van der Waals surface area contributed by atoms with Crippen LogP contribution in [0.1, 0.15) is 30.5 Å². The van der Waals surface area contributed by atoms with E-state index in [0.717, 1.165) is 15.3 Å². The Bertz CT molecular complexity index is 1210. The molecular formula is C24H19NO3S. The number of para-hydroxylation sites is 1. The molecule has 144 valence electrons. The number of carbonyl (C=O) groups is 2. The largest absolute Gasteiger partial charge is 0.454 e. The highest BCUT2D eigenvalue weighted by molar-refractivity contribution is 7.12. The van der Waals surface area contributed by atoms with E-state index in [1.54, 1.807) is 17.4 Å². The van der Waals surface area contributed by atoms with Gasteiger partial charge in [-0.25, -0.2) is 9.78 Å². The minimum absolute atomic E-state index is 0.193. The molecule has 0 saturated carbocycles. The van der Waals surface area contributed by atoms with Gasteiger partial charge in [0.1, 0.15) is 0 Å². The quantitative estimate of drug-likeness (QED) is 0.322. The summed E-state index contributed by atoms with van der Waals surface area (Å²) in [7, 11) is 0. The van der Waals surface area contributed by atoms with E-state index in [4.69, 9.17) is 4.74 Å². The van der Waals surface area contributed by atoms with Crippen molar-refractivity contribution in [1.29, 1.82) is 0 Å². The van der Waals surface area contributed by atoms with Gasteiger partial charge >= 0.3 is 5.97 Å². The van der Waals surface area contributed by atoms with Crippen molar-refractivity contribution in [2.45, 2.75) is 13.8 Å². The lowest BCUT2D eigenvalue weighted by Crippen LogP contribution is -2.15. The van der Waals surface area contributed by atoms with Gasteiger partial charge in [-0.15, -0.1) is 11.3 Å². The molecule has 4 aromatic rings. The molecule has 0 aliphatic rings. The van der Waals surface area contributed by atoms with E-state index in [-0.39, 0.29) is 12.4 Å². The summed E-state index contributed by atoms with van der Waals surface area (Å²) in [5.41, 5.74) is 3.32. The Morgan fingerprint density at radius 3 is 2.38 bits per heavy atom. The van der Waals surface area contributed by atoms with Gasteiger partial charge in [0.2, 0.25) is 5.78 Å². The number of hydrogen-bond acceptors (Lipinski definition) is 5. The zero-order valence-electron chi connectivity index (χ0n) is 16.1. The molecule has 0 aliphatic heterocycles. The van der Waals surface area contributed by atoms with Crippen LogP contribution in [0, 0.1) is 13.8 Å². The van der Waals surface area contributed by atoms with Gasteiger partial charge in [0, 0.05) is 26.3 Å². The van der Waals surface area contributed by atoms with E-state index in [0.29, 0.717) is 27.7 Å². The van der Waals surface area contributed by atoms with Gasteiger partial charge in [-0.05, 0) is 32.0 Å². The summed E-state index contributed by atoms with van der Waals surface area (Å²) in [6.07, 6.45) is 0. The van der Waals surface area contributed by atoms with E-state index in [1.807, 2.05) is 74.5 Å². The second-order valence-electron chi connectivity index (χ2n) is 6.76. The Morgan fingerprint density at radius 2 is 1.66 bits per heavy atom. The van der Waals surface area contributed by atoms with Gasteiger partial charge in [0.25, 0.3) is 0 Å². The molecule has 0 amide bonds. The molecule has 0 bridgehead atoms. The van der Waals surface area contributed by atoms with Crippen LogP contribution in [-0.2, 0) is 4.74 Å². The van der Waals surface area contributed by atoms with Crippen LogP contribution in [0.25, 0.3) is 22.2 Å². The fraction of sp³-hybridized carbons (Fsp3) is 0.125. The van der Waals surface area contributed by atoms with Crippen LogP contribution in [0.2, 0.25) is 0 Å². The highest BCUT2D eigenvalue weighted by Crippen LogP contribution is 2.26. The van der Waals surface area contributed by atoms with Crippen LogP contribution >= 0.6 is 11.3 Å². The third-order valence-electron chi connectivity index (χ3n) is 4.68. The van der Waals surface area contributed by atoms with Crippen molar-refractivity contribution in [1.82, 2.24) is 4.98 Å². The van der Waals surface area contributed by atoms with Crippen molar-refractivity contribution in [3.8, 4) is 11.3 Å². The van der Waals surface area contributed by atoms with Gasteiger partial charge < -0.3 is 4.74 Å². The lowest BCUT2D eigenvalue weighted by atomic mass is 10.0. The molecule has 4 rings (SSSR count). The molecule has 29 heavy (non-hydrogen) atoms. The van der Waals surface area contributed by atoms with Gasteiger partial charge in [-0.2, -0.15) is 0 Å². The molecule has 0 radical (unpaired) electrons. The molecule has 2 aromatic carbocycles. The predicted octanol–water partition coefficient (Wildman–Crippen LogP) is 5.62. The Morgan fingerprint density at radius 1 is 0.931 bits per heavy atom. The number of hydrogen-bond donors (Lipinski definition) is 0. The number of fused-ring (bicyclic) bond motifs is 1. The monoisotopic (exact) mass is 401 g/mol. The first-order chi connectivity index (χ1) is 14.0. The van der Waals surface area contributed by atoms with Crippen LogP contribution in [0.5, 0.6) is 0 Å². The van der Waals surface area contributed by atoms with Crippen molar-refractivity contribution in [3.63, 3.8) is 0 Å². The molecule has 5 heteroatoms. The van der Waals surface area contributed by atoms with Crippen molar-refractivity contribution < 1.29 is 14.3 Å². The number of esters is 1. The summed E-state index contributed by atoms with van der Waals surface area (Å²) < 4.78 is 5.40. The number of aryl methyl sites for hydroxylation is 2. The summed E-state index contributed by atoms with van der Waals surface area (Å²) in [6, 6.07) is 20.7. The summed E-state index contributed by atoms with van der Waals surface area (Å²) in [6.45, 7) is 3.57. The molecule has 0 unspecified atom stereocenters. The topological polar surface area (TPSA) is 56.3 Å². The average Bonchev–Trinajstić information content (AvgIpc) is 3.09. The summed E-state index contributed by atoms with van der Waals surface area (Å²) in [5.74, 6) is -0.722. The predicted molar refractivity (Wildman–Crippen MR) is 116 cm³/mol. The van der Waals surface area contributed by atoms with E-state index >= 15 is 0 Å². The lowest BCUT2D eigenvalue weighted by molar-refractivity contribution is 0.0476. The zero-order chi connectivity index (χ0) is 20.4. The number of ketones is 1. The Hall–Kier alpha value is -3.31. The first-order valence-corrected chi connectivity index (χ1v) is 10.1. The number of ether oxygens (including phenoxy) is 1. The second kappa shape index (κ2) is 7.97. The lowest BCUT2D eigenvalue weighted by Gasteiger charge is -2.10. The van der Waals surface area contributed by atoms with E-state index in [2.05, 4.69) is 4.98 Å². The first-order valence-electron chi connectivity index (χ1n) is 9.25. The number of nitrogens with zero attached hydrogens (tertiary/aromatic N) is 1. The van der Waals surface area contributed by atoms with Gasteiger partial charge in [0.15, 0.2) is 6.61 Å². The van der Waals surface area contributed by atoms with E-state index < -0.39 is 5.97 Å². The number of pyridine rings is 1. The smallest absolute Gasteiger partial charge is 0.339 e. The number of Topliss-reactive ketones (excluding diaryl/α,β-unsaturated/α-hetero) is 1. The van der Waals surface area contributed by atoms with Gasteiger partial charge in [-0.3, -0.25) is 4.79 Å². The second-order valence-corrected chi connectivity index (χ2v) is 8.22. The normalized spacial score (nSPS) is 10.8. The van der Waals surface area contributed by atoms with Gasteiger partial charge in [0.05, 0.1) is 16.8 Å². The maximum Gasteiger partial charge on any atom is 0.339 e. The van der Waals surface area contributed by atoms with E-state index in [1.165, 1.54) is 0 Å². The Balaban J connectivity index is 1.64. The molecule has 0 saturated heterocycles. The molecule has 0 spiro atoms. The maximum absolute atomic E-state index is 12.9. The molecule has 0 fully saturated rings. The molecule has 4 nitrogen and oxygen atoms in total. The number of aromatic nitrogens is 1. The molecule has 0 N–H and O–H groups in total. The molecule has 0 aliphatic carbocycles. The zero-order valence-corrected chi connectivity index (χ0v) is 17.0.